The van der Waals surface area contributed by atoms with Crippen molar-refractivity contribution < 1.29 is 4.57 Å². The molecule has 2 aromatic heterocycles. The van der Waals surface area contributed by atoms with E-state index in [0.29, 0.717) is 0 Å². The summed E-state index contributed by atoms with van der Waals surface area (Å²) in [6, 6.07) is 64.9. The molecular weight excluding hydrogens is 640 g/mol. The smallest absolute Gasteiger partial charge is 0.171 e. The molecule has 10 rings (SSSR count). The fourth-order valence-corrected chi connectivity index (χ4v) is 10.4. The Morgan fingerprint density at radius 3 is 1.78 bits per heavy atom. The molecule has 0 atom stereocenters. The molecule has 240 valence electrons. The standard InChI is InChI=1S/C47H31N2OP/c50-51(37-15-3-1-4-16-37,38-17-5-2-6-18-38)39-26-22-32(23-27-39)34-13-11-14-35(30-34)36-25-29-44-42(31-36)41-28-24-33-12-7-8-19-40(33)46(41)47-48-43-20-9-10-21-45(43)49(44)47/h1-31H. The normalized spacial score (nSPS) is 12.0. The second kappa shape index (κ2) is 11.7. The van der Waals surface area contributed by atoms with E-state index in [1.54, 1.807) is 0 Å². The zero-order valence-corrected chi connectivity index (χ0v) is 28.5. The Kier molecular flexibility index (Phi) is 6.77. The highest BCUT2D eigenvalue weighted by Crippen LogP contribution is 2.43. The van der Waals surface area contributed by atoms with E-state index in [0.717, 1.165) is 60.4 Å². The minimum atomic E-state index is -3.04. The number of nitrogens with zero attached hydrogens (tertiary/aromatic N) is 2. The molecule has 0 aliphatic carbocycles. The first-order valence-corrected chi connectivity index (χ1v) is 18.9. The molecule has 0 bridgehead atoms. The van der Waals surface area contributed by atoms with Crippen molar-refractivity contribution >= 4 is 72.2 Å². The van der Waals surface area contributed by atoms with E-state index in [9.17, 15) is 4.57 Å². The van der Waals surface area contributed by atoms with Crippen molar-refractivity contribution in [1.82, 2.24) is 9.38 Å². The summed E-state index contributed by atoms with van der Waals surface area (Å²) < 4.78 is 17.2. The number of pyridine rings is 1. The average molecular weight is 671 g/mol. The quantitative estimate of drug-likeness (QED) is 0.135. The summed E-state index contributed by atoms with van der Waals surface area (Å²) in [4.78, 5) is 5.17. The average Bonchev–Trinajstić information content (AvgIpc) is 3.61. The summed E-state index contributed by atoms with van der Waals surface area (Å²) in [5.74, 6) is 0. The van der Waals surface area contributed by atoms with E-state index >= 15 is 0 Å². The van der Waals surface area contributed by atoms with E-state index in [1.165, 1.54) is 26.9 Å². The number of para-hydroxylation sites is 2. The van der Waals surface area contributed by atoms with Gasteiger partial charge in [-0.2, -0.15) is 0 Å². The predicted octanol–water partition coefficient (Wildman–Crippen LogP) is 10.9. The first kappa shape index (κ1) is 29.6. The lowest BCUT2D eigenvalue weighted by Gasteiger charge is -2.20. The molecule has 0 saturated heterocycles. The molecule has 0 amide bonds. The van der Waals surface area contributed by atoms with Crippen molar-refractivity contribution in [1.29, 1.82) is 0 Å². The highest BCUT2D eigenvalue weighted by Gasteiger charge is 2.29. The maximum atomic E-state index is 14.9. The highest BCUT2D eigenvalue weighted by atomic mass is 31.2. The Morgan fingerprint density at radius 1 is 0.412 bits per heavy atom. The summed E-state index contributed by atoms with van der Waals surface area (Å²) in [5, 5.41) is 8.47. The van der Waals surface area contributed by atoms with Gasteiger partial charge in [0.15, 0.2) is 7.14 Å². The number of benzene rings is 8. The first-order chi connectivity index (χ1) is 25.2. The van der Waals surface area contributed by atoms with Gasteiger partial charge in [0, 0.05) is 26.7 Å². The number of fused-ring (bicyclic) bond motifs is 10. The molecule has 0 radical (unpaired) electrons. The Balaban J connectivity index is 1.11. The van der Waals surface area contributed by atoms with Crippen LogP contribution in [0.1, 0.15) is 0 Å². The molecule has 3 nitrogen and oxygen atoms in total. The van der Waals surface area contributed by atoms with E-state index in [1.807, 2.05) is 72.8 Å². The van der Waals surface area contributed by atoms with E-state index < -0.39 is 7.14 Å². The maximum Gasteiger partial charge on any atom is 0.171 e. The van der Waals surface area contributed by atoms with Gasteiger partial charge in [-0.15, -0.1) is 0 Å². The summed E-state index contributed by atoms with van der Waals surface area (Å²) in [6.07, 6.45) is 0. The first-order valence-electron chi connectivity index (χ1n) is 17.2. The largest absolute Gasteiger partial charge is 0.309 e. The molecule has 0 fully saturated rings. The molecule has 0 aliphatic rings. The van der Waals surface area contributed by atoms with E-state index in [4.69, 9.17) is 4.98 Å². The molecule has 4 heteroatoms. The topological polar surface area (TPSA) is 34.4 Å². The number of hydrogen-bond donors (Lipinski definition) is 0. The molecule has 0 saturated carbocycles. The van der Waals surface area contributed by atoms with Crippen LogP contribution in [0.2, 0.25) is 0 Å². The number of rotatable bonds is 5. The monoisotopic (exact) mass is 670 g/mol. The van der Waals surface area contributed by atoms with Gasteiger partial charge in [0.05, 0.1) is 16.6 Å². The van der Waals surface area contributed by atoms with Crippen LogP contribution in [0, 0.1) is 0 Å². The van der Waals surface area contributed by atoms with E-state index in [2.05, 4.69) is 120 Å². The third kappa shape index (κ3) is 4.66. The van der Waals surface area contributed by atoms with Crippen LogP contribution in [0.3, 0.4) is 0 Å². The van der Waals surface area contributed by atoms with Gasteiger partial charge in [0.25, 0.3) is 0 Å². The van der Waals surface area contributed by atoms with Crippen molar-refractivity contribution in [3.05, 3.63) is 188 Å². The van der Waals surface area contributed by atoms with Crippen LogP contribution in [-0.2, 0) is 4.57 Å². The lowest BCUT2D eigenvalue weighted by Crippen LogP contribution is -2.24. The molecule has 8 aromatic carbocycles. The third-order valence-corrected chi connectivity index (χ3v) is 13.3. The Hall–Kier alpha value is -6.28. The zero-order valence-electron chi connectivity index (χ0n) is 27.6. The van der Waals surface area contributed by atoms with Gasteiger partial charge in [0.1, 0.15) is 5.65 Å². The van der Waals surface area contributed by atoms with Crippen LogP contribution in [0.5, 0.6) is 0 Å². The summed E-state index contributed by atoms with van der Waals surface area (Å²) in [6.45, 7) is 0. The summed E-state index contributed by atoms with van der Waals surface area (Å²) in [5.41, 5.74) is 8.70. The fraction of sp³-hybridized carbons (Fsp3) is 0. The number of aromatic nitrogens is 2. The summed E-state index contributed by atoms with van der Waals surface area (Å²) in [7, 11) is -3.04. The maximum absolute atomic E-state index is 14.9. The van der Waals surface area contributed by atoms with Crippen LogP contribution in [0.25, 0.3) is 71.4 Å². The van der Waals surface area contributed by atoms with E-state index in [-0.39, 0.29) is 0 Å². The molecule has 51 heavy (non-hydrogen) atoms. The molecule has 0 unspecified atom stereocenters. The van der Waals surface area contributed by atoms with Crippen molar-refractivity contribution in [3.63, 3.8) is 0 Å². The van der Waals surface area contributed by atoms with Gasteiger partial charge in [-0.3, -0.25) is 4.40 Å². The van der Waals surface area contributed by atoms with Crippen LogP contribution in [0.4, 0.5) is 0 Å². The zero-order chi connectivity index (χ0) is 33.9. The molecule has 0 aliphatic heterocycles. The molecule has 0 spiro atoms. The second-order valence-electron chi connectivity index (χ2n) is 13.1. The minimum absolute atomic E-state index is 0.826. The van der Waals surface area contributed by atoms with Crippen molar-refractivity contribution in [2.45, 2.75) is 0 Å². The number of imidazole rings is 1. The molecule has 0 N–H and O–H groups in total. The lowest BCUT2D eigenvalue weighted by molar-refractivity contribution is 0.592. The lowest BCUT2D eigenvalue weighted by atomic mass is 9.95. The van der Waals surface area contributed by atoms with Crippen molar-refractivity contribution in [3.8, 4) is 22.3 Å². The highest BCUT2D eigenvalue weighted by molar-refractivity contribution is 7.85. The SMILES string of the molecule is O=P(c1ccccc1)(c1ccccc1)c1ccc(-c2cccc(-c3ccc4c(c3)c3ccc5ccccc5c3c3nc5ccccc5n43)c2)cc1. The third-order valence-electron chi connectivity index (χ3n) is 10.2. The second-order valence-corrected chi connectivity index (χ2v) is 15.9. The molecular formula is C47H31N2OP. The Labute approximate surface area is 295 Å². The van der Waals surface area contributed by atoms with Gasteiger partial charge >= 0.3 is 0 Å². The predicted molar refractivity (Wildman–Crippen MR) is 215 cm³/mol. The van der Waals surface area contributed by atoms with Crippen molar-refractivity contribution in [2.24, 2.45) is 0 Å². The number of hydrogen-bond acceptors (Lipinski definition) is 2. The molecule has 10 aromatic rings. The van der Waals surface area contributed by atoms with Gasteiger partial charge in [-0.25, -0.2) is 4.98 Å². The van der Waals surface area contributed by atoms with Gasteiger partial charge in [-0.1, -0.05) is 158 Å². The van der Waals surface area contributed by atoms with Gasteiger partial charge < -0.3 is 4.57 Å². The van der Waals surface area contributed by atoms with Crippen LogP contribution < -0.4 is 15.9 Å². The minimum Gasteiger partial charge on any atom is -0.309 e. The van der Waals surface area contributed by atoms with Crippen molar-refractivity contribution in [2.75, 3.05) is 0 Å². The van der Waals surface area contributed by atoms with Gasteiger partial charge in [-0.05, 0) is 68.7 Å². The van der Waals surface area contributed by atoms with Gasteiger partial charge in [0.2, 0.25) is 0 Å². The van der Waals surface area contributed by atoms with Crippen LogP contribution in [0.15, 0.2) is 188 Å². The Morgan fingerprint density at radius 2 is 1.02 bits per heavy atom. The summed E-state index contributed by atoms with van der Waals surface area (Å²) >= 11 is 0. The van der Waals surface area contributed by atoms with Crippen LogP contribution >= 0.6 is 7.14 Å². The van der Waals surface area contributed by atoms with Crippen LogP contribution in [-0.4, -0.2) is 9.38 Å². The molecule has 2 heterocycles. The Bertz CT molecular complexity index is 2940. The fourth-order valence-electron chi connectivity index (χ4n) is 7.77.